The van der Waals surface area contributed by atoms with E-state index in [1.54, 1.807) is 17.3 Å². The predicted molar refractivity (Wildman–Crippen MR) is 83.0 cm³/mol. The van der Waals surface area contributed by atoms with Crippen molar-refractivity contribution < 1.29 is 22.7 Å². The molecule has 1 N–H and O–H groups in total. The number of carbonyl (C=O) groups is 1. The van der Waals surface area contributed by atoms with Gasteiger partial charge in [-0.1, -0.05) is 0 Å². The number of imidazole rings is 1. The highest BCUT2D eigenvalue weighted by atomic mass is 19.4. The van der Waals surface area contributed by atoms with Crippen molar-refractivity contribution >= 4 is 5.91 Å². The number of halogens is 3. The number of rotatable bonds is 3. The first-order valence-corrected chi connectivity index (χ1v) is 7.70. The quantitative estimate of drug-likeness (QED) is 0.917. The Morgan fingerprint density at radius 2 is 2.04 bits per heavy atom. The Morgan fingerprint density at radius 3 is 2.64 bits per heavy atom. The molecule has 1 saturated heterocycles. The molecule has 0 saturated carbocycles. The lowest BCUT2D eigenvalue weighted by Gasteiger charge is -2.35. The van der Waals surface area contributed by atoms with Gasteiger partial charge < -0.3 is 19.5 Å². The van der Waals surface area contributed by atoms with Crippen LogP contribution >= 0.6 is 0 Å². The van der Waals surface area contributed by atoms with Gasteiger partial charge in [0.25, 0.3) is 5.91 Å². The SMILES string of the molecule is Cn1ccnc1C1CNCCN1C(=O)c1ccc(OC(F)(F)F)cc1. The summed E-state index contributed by atoms with van der Waals surface area (Å²) in [6.07, 6.45) is -1.29. The third kappa shape index (κ3) is 3.93. The van der Waals surface area contributed by atoms with E-state index in [1.165, 1.54) is 12.1 Å². The van der Waals surface area contributed by atoms with E-state index in [1.807, 2.05) is 11.6 Å². The number of hydrogen-bond acceptors (Lipinski definition) is 4. The number of nitrogens with zero attached hydrogens (tertiary/aromatic N) is 3. The fourth-order valence-electron chi connectivity index (χ4n) is 2.84. The molecule has 2 aromatic rings. The van der Waals surface area contributed by atoms with E-state index in [0.717, 1.165) is 18.0 Å². The van der Waals surface area contributed by atoms with Crippen molar-refractivity contribution in [3.05, 3.63) is 48.0 Å². The molecule has 6 nitrogen and oxygen atoms in total. The van der Waals surface area contributed by atoms with E-state index in [9.17, 15) is 18.0 Å². The highest BCUT2D eigenvalue weighted by molar-refractivity contribution is 5.94. The summed E-state index contributed by atoms with van der Waals surface area (Å²) in [6, 6.07) is 4.70. The number of hydrogen-bond donors (Lipinski definition) is 1. The van der Waals surface area contributed by atoms with Gasteiger partial charge >= 0.3 is 6.36 Å². The van der Waals surface area contributed by atoms with Crippen LogP contribution in [0.2, 0.25) is 0 Å². The van der Waals surface area contributed by atoms with Crippen LogP contribution in [-0.4, -0.2) is 46.4 Å². The van der Waals surface area contributed by atoms with Crippen molar-refractivity contribution in [2.24, 2.45) is 7.05 Å². The zero-order valence-corrected chi connectivity index (χ0v) is 13.5. The largest absolute Gasteiger partial charge is 0.573 e. The smallest absolute Gasteiger partial charge is 0.406 e. The van der Waals surface area contributed by atoms with Crippen LogP contribution in [0.1, 0.15) is 22.2 Å². The second-order valence-electron chi connectivity index (χ2n) is 5.69. The molecule has 0 aliphatic carbocycles. The van der Waals surface area contributed by atoms with Crippen LogP contribution in [0.15, 0.2) is 36.7 Å². The fraction of sp³-hybridized carbons (Fsp3) is 0.375. The molecule has 9 heteroatoms. The monoisotopic (exact) mass is 354 g/mol. The maximum atomic E-state index is 12.8. The van der Waals surface area contributed by atoms with Crippen molar-refractivity contribution in [1.29, 1.82) is 0 Å². The molecule has 1 unspecified atom stereocenters. The molecule has 0 spiro atoms. The molecule has 3 rings (SSSR count). The van der Waals surface area contributed by atoms with Crippen LogP contribution < -0.4 is 10.1 Å². The Morgan fingerprint density at radius 1 is 1.32 bits per heavy atom. The maximum absolute atomic E-state index is 12.8. The van der Waals surface area contributed by atoms with Gasteiger partial charge in [0.05, 0.1) is 0 Å². The molecule has 134 valence electrons. The Hall–Kier alpha value is -2.55. The molecule has 1 aromatic heterocycles. The van der Waals surface area contributed by atoms with E-state index in [2.05, 4.69) is 15.0 Å². The van der Waals surface area contributed by atoms with Crippen molar-refractivity contribution in [3.63, 3.8) is 0 Å². The molecule has 2 heterocycles. The Kier molecular flexibility index (Phi) is 4.67. The number of aromatic nitrogens is 2. The third-order valence-electron chi connectivity index (χ3n) is 4.00. The first kappa shape index (κ1) is 17.3. The minimum Gasteiger partial charge on any atom is -0.406 e. The number of aryl methyl sites for hydroxylation is 1. The normalized spacial score (nSPS) is 18.2. The number of carbonyl (C=O) groups excluding carboxylic acids is 1. The molecule has 0 radical (unpaired) electrons. The first-order chi connectivity index (χ1) is 11.8. The first-order valence-electron chi connectivity index (χ1n) is 7.70. The molecule has 0 bridgehead atoms. The zero-order valence-electron chi connectivity index (χ0n) is 13.5. The van der Waals surface area contributed by atoms with Gasteiger partial charge in [-0.3, -0.25) is 4.79 Å². The summed E-state index contributed by atoms with van der Waals surface area (Å²) >= 11 is 0. The molecule has 1 atom stereocenters. The van der Waals surface area contributed by atoms with Crippen LogP contribution in [-0.2, 0) is 7.05 Å². The lowest BCUT2D eigenvalue weighted by Crippen LogP contribution is -2.49. The summed E-state index contributed by atoms with van der Waals surface area (Å²) in [6.45, 7) is 1.69. The second kappa shape index (κ2) is 6.75. The molecule has 1 fully saturated rings. The minimum absolute atomic E-state index is 0.243. The van der Waals surface area contributed by atoms with Crippen LogP contribution in [0, 0.1) is 0 Å². The summed E-state index contributed by atoms with van der Waals surface area (Å²) in [5.74, 6) is 0.135. The van der Waals surface area contributed by atoms with E-state index in [4.69, 9.17) is 0 Å². The number of ether oxygens (including phenoxy) is 1. The lowest BCUT2D eigenvalue weighted by atomic mass is 10.1. The van der Waals surface area contributed by atoms with Crippen molar-refractivity contribution in [2.45, 2.75) is 12.4 Å². The third-order valence-corrected chi connectivity index (χ3v) is 4.00. The van der Waals surface area contributed by atoms with E-state index in [0.29, 0.717) is 25.2 Å². The standard InChI is InChI=1S/C16H17F3N4O2/c1-22-8-7-21-14(22)13-10-20-6-9-23(13)15(24)11-2-4-12(5-3-11)25-16(17,18)19/h2-5,7-8,13,20H,6,9-10H2,1H3. The lowest BCUT2D eigenvalue weighted by molar-refractivity contribution is -0.274. The molecule has 1 aliphatic heterocycles. The molecule has 25 heavy (non-hydrogen) atoms. The minimum atomic E-state index is -4.76. The van der Waals surface area contributed by atoms with Crippen molar-refractivity contribution in [1.82, 2.24) is 19.8 Å². The van der Waals surface area contributed by atoms with Gasteiger partial charge in [0.1, 0.15) is 17.6 Å². The van der Waals surface area contributed by atoms with Crippen LogP contribution in [0.25, 0.3) is 0 Å². The Bertz CT molecular complexity index is 743. The van der Waals surface area contributed by atoms with Gasteiger partial charge in [0, 0.05) is 44.6 Å². The second-order valence-corrected chi connectivity index (χ2v) is 5.69. The average molecular weight is 354 g/mol. The highest BCUT2D eigenvalue weighted by Crippen LogP contribution is 2.25. The summed E-state index contributed by atoms with van der Waals surface area (Å²) < 4.78 is 42.3. The van der Waals surface area contributed by atoms with E-state index < -0.39 is 6.36 Å². The number of piperazine rings is 1. The molecular weight excluding hydrogens is 337 g/mol. The summed E-state index contributed by atoms with van der Waals surface area (Å²) in [5.41, 5.74) is 0.302. The van der Waals surface area contributed by atoms with E-state index in [-0.39, 0.29) is 17.7 Å². The van der Waals surface area contributed by atoms with Gasteiger partial charge in [-0.25, -0.2) is 4.98 Å². The summed E-state index contributed by atoms with van der Waals surface area (Å²) in [7, 11) is 1.85. The number of amides is 1. The molecule has 1 amide bonds. The van der Waals surface area contributed by atoms with Crippen molar-refractivity contribution in [3.8, 4) is 5.75 Å². The van der Waals surface area contributed by atoms with Gasteiger partial charge in [-0.2, -0.15) is 0 Å². The van der Waals surface area contributed by atoms with Crippen molar-refractivity contribution in [2.75, 3.05) is 19.6 Å². The van der Waals surface area contributed by atoms with Gasteiger partial charge in [0.2, 0.25) is 0 Å². The van der Waals surface area contributed by atoms with Gasteiger partial charge in [-0.05, 0) is 24.3 Å². The van der Waals surface area contributed by atoms with Gasteiger partial charge in [-0.15, -0.1) is 13.2 Å². The van der Waals surface area contributed by atoms with Gasteiger partial charge in [0.15, 0.2) is 0 Å². The molecule has 1 aliphatic rings. The number of alkyl halides is 3. The topological polar surface area (TPSA) is 59.4 Å². The predicted octanol–water partition coefficient (Wildman–Crippen LogP) is 2.11. The number of benzene rings is 1. The fourth-order valence-corrected chi connectivity index (χ4v) is 2.84. The zero-order chi connectivity index (χ0) is 18.0. The summed E-state index contributed by atoms with van der Waals surface area (Å²) in [5, 5.41) is 3.23. The van der Waals surface area contributed by atoms with Crippen LogP contribution in [0.4, 0.5) is 13.2 Å². The summed E-state index contributed by atoms with van der Waals surface area (Å²) in [4.78, 5) is 18.8. The number of nitrogens with one attached hydrogen (secondary N) is 1. The average Bonchev–Trinajstić information content (AvgIpc) is 2.99. The van der Waals surface area contributed by atoms with Crippen LogP contribution in [0.5, 0.6) is 5.75 Å². The molecular formula is C16H17F3N4O2. The molecule has 1 aromatic carbocycles. The Labute approximate surface area is 142 Å². The maximum Gasteiger partial charge on any atom is 0.573 e. The Balaban J connectivity index is 1.79. The van der Waals surface area contributed by atoms with Crippen LogP contribution in [0.3, 0.4) is 0 Å². The highest BCUT2D eigenvalue weighted by Gasteiger charge is 2.32. The van der Waals surface area contributed by atoms with E-state index >= 15 is 0 Å².